The third-order valence-electron chi connectivity index (χ3n) is 6.57. The van der Waals surface area contributed by atoms with E-state index >= 15 is 0 Å². The minimum atomic E-state index is -0.449. The second-order valence-electron chi connectivity index (χ2n) is 8.70. The summed E-state index contributed by atoms with van der Waals surface area (Å²) in [6.45, 7) is 7.15. The normalized spacial score (nSPS) is 15.9. The van der Waals surface area contributed by atoms with E-state index in [4.69, 9.17) is 4.74 Å². The molecule has 0 N–H and O–H groups in total. The molecule has 1 saturated heterocycles. The fourth-order valence-corrected chi connectivity index (χ4v) is 4.60. The van der Waals surface area contributed by atoms with Crippen LogP contribution in [0, 0.1) is 0 Å². The summed E-state index contributed by atoms with van der Waals surface area (Å²) in [5, 5.41) is 4.55. The van der Waals surface area contributed by atoms with Gasteiger partial charge in [-0.25, -0.2) is 9.48 Å². The number of esters is 1. The first-order valence-electron chi connectivity index (χ1n) is 12.3. The Hall–Kier alpha value is -3.41. The minimum absolute atomic E-state index is 0.0844. The molecule has 3 aromatic rings. The van der Waals surface area contributed by atoms with E-state index in [1.807, 2.05) is 41.3 Å². The summed E-state index contributed by atoms with van der Waals surface area (Å²) in [6, 6.07) is 17.8. The number of hydrogen-bond acceptors (Lipinski definition) is 4. The molecule has 1 fully saturated rings. The summed E-state index contributed by atoms with van der Waals surface area (Å²) in [4.78, 5) is 27.6. The minimum Gasteiger partial charge on any atom is -0.461 e. The van der Waals surface area contributed by atoms with Crippen LogP contribution in [0.15, 0.2) is 54.6 Å². The molecule has 0 radical (unpaired) electrons. The number of benzene rings is 2. The number of aromatic nitrogens is 2. The van der Waals surface area contributed by atoms with Crippen LogP contribution in [0.5, 0.6) is 0 Å². The third kappa shape index (κ3) is 4.91. The maximum atomic E-state index is 13.2. The maximum Gasteiger partial charge on any atom is 0.358 e. The van der Waals surface area contributed by atoms with E-state index in [1.54, 1.807) is 17.7 Å². The van der Waals surface area contributed by atoms with Gasteiger partial charge < -0.3 is 9.64 Å². The van der Waals surface area contributed by atoms with Gasteiger partial charge in [-0.1, -0.05) is 38.1 Å². The Labute approximate surface area is 201 Å². The number of aryl methyl sites for hydroxylation is 1. The lowest BCUT2D eigenvalue weighted by molar-refractivity contribution is 0.0518. The quantitative estimate of drug-likeness (QED) is 0.426. The average Bonchev–Trinajstić information content (AvgIpc) is 3.34. The van der Waals surface area contributed by atoms with Gasteiger partial charge in [0.2, 0.25) is 0 Å². The Morgan fingerprint density at radius 2 is 1.74 bits per heavy atom. The van der Waals surface area contributed by atoms with Gasteiger partial charge in [-0.05, 0) is 74.9 Å². The average molecular weight is 460 g/mol. The highest BCUT2D eigenvalue weighted by atomic mass is 16.5. The molecule has 0 unspecified atom stereocenters. The fourth-order valence-electron chi connectivity index (χ4n) is 4.60. The van der Waals surface area contributed by atoms with Crippen molar-refractivity contribution in [1.29, 1.82) is 0 Å². The van der Waals surface area contributed by atoms with Crippen molar-refractivity contribution in [2.75, 3.05) is 13.2 Å². The van der Waals surface area contributed by atoms with Gasteiger partial charge in [0, 0.05) is 23.7 Å². The van der Waals surface area contributed by atoms with E-state index in [0.717, 1.165) is 49.2 Å². The number of likely N-dealkylation sites (tertiary alicyclic amines) is 1. The van der Waals surface area contributed by atoms with Gasteiger partial charge >= 0.3 is 5.97 Å². The number of nitrogens with zero attached hydrogens (tertiary/aromatic N) is 3. The molecule has 6 nitrogen and oxygen atoms in total. The monoisotopic (exact) mass is 459 g/mol. The van der Waals surface area contributed by atoms with Gasteiger partial charge in [0.15, 0.2) is 5.69 Å². The molecule has 1 aliphatic rings. The van der Waals surface area contributed by atoms with Crippen LogP contribution in [0.25, 0.3) is 16.9 Å². The van der Waals surface area contributed by atoms with E-state index in [0.29, 0.717) is 11.6 Å². The molecule has 1 aromatic heterocycles. The lowest BCUT2D eigenvalue weighted by Crippen LogP contribution is -2.43. The molecule has 6 heteroatoms. The van der Waals surface area contributed by atoms with Crippen LogP contribution in [0.4, 0.5) is 0 Å². The molecular formula is C28H33N3O3. The molecule has 1 aliphatic heterocycles. The summed E-state index contributed by atoms with van der Waals surface area (Å²) in [5.41, 5.74) is 4.72. The molecule has 0 saturated carbocycles. The van der Waals surface area contributed by atoms with Gasteiger partial charge in [-0.15, -0.1) is 0 Å². The highest BCUT2D eigenvalue weighted by Crippen LogP contribution is 2.26. The molecule has 0 spiro atoms. The number of carbonyl (C=O) groups excluding carboxylic acids is 2. The van der Waals surface area contributed by atoms with Crippen LogP contribution in [-0.2, 0) is 11.2 Å². The molecule has 1 atom stereocenters. The highest BCUT2D eigenvalue weighted by Gasteiger charge is 2.26. The maximum absolute atomic E-state index is 13.2. The van der Waals surface area contributed by atoms with Gasteiger partial charge in [0.25, 0.3) is 5.91 Å². The zero-order chi connectivity index (χ0) is 24.1. The Bertz CT molecular complexity index is 1130. The van der Waals surface area contributed by atoms with Crippen molar-refractivity contribution < 1.29 is 14.3 Å². The van der Waals surface area contributed by atoms with Crippen LogP contribution < -0.4 is 0 Å². The largest absolute Gasteiger partial charge is 0.461 e. The van der Waals surface area contributed by atoms with Crippen molar-refractivity contribution >= 4 is 11.9 Å². The predicted molar refractivity (Wildman–Crippen MR) is 133 cm³/mol. The van der Waals surface area contributed by atoms with Crippen molar-refractivity contribution in [3.8, 4) is 16.9 Å². The lowest BCUT2D eigenvalue weighted by atomic mass is 9.99. The van der Waals surface area contributed by atoms with Gasteiger partial charge in [-0.3, -0.25) is 4.79 Å². The van der Waals surface area contributed by atoms with Crippen LogP contribution in [-0.4, -0.2) is 45.8 Å². The SMILES string of the molecule is CCOC(=O)c1cc(-c2ccc(CC)cc2)n(-c2ccc(C(=O)N3CCCC[C@H]3CC)cc2)n1. The summed E-state index contributed by atoms with van der Waals surface area (Å²) in [7, 11) is 0. The predicted octanol–water partition coefficient (Wildman–Crippen LogP) is 5.68. The molecule has 0 aliphatic carbocycles. The van der Waals surface area contributed by atoms with Crippen molar-refractivity contribution in [1.82, 2.24) is 14.7 Å². The topological polar surface area (TPSA) is 64.4 Å². The van der Waals surface area contributed by atoms with E-state index in [2.05, 4.69) is 31.1 Å². The van der Waals surface area contributed by atoms with Crippen LogP contribution >= 0.6 is 0 Å². The van der Waals surface area contributed by atoms with E-state index < -0.39 is 5.97 Å². The summed E-state index contributed by atoms with van der Waals surface area (Å²) >= 11 is 0. The van der Waals surface area contributed by atoms with E-state index in [9.17, 15) is 9.59 Å². The van der Waals surface area contributed by atoms with Crippen molar-refractivity contribution in [3.05, 3.63) is 71.4 Å². The molecule has 0 bridgehead atoms. The molecule has 2 heterocycles. The highest BCUT2D eigenvalue weighted by molar-refractivity contribution is 5.94. The first-order chi connectivity index (χ1) is 16.5. The fraction of sp³-hybridized carbons (Fsp3) is 0.393. The lowest BCUT2D eigenvalue weighted by Gasteiger charge is -2.35. The van der Waals surface area contributed by atoms with E-state index in [1.165, 1.54) is 12.0 Å². The number of carbonyl (C=O) groups is 2. The van der Waals surface area contributed by atoms with Gasteiger partial charge in [0.1, 0.15) is 0 Å². The summed E-state index contributed by atoms with van der Waals surface area (Å²) in [6.07, 6.45) is 5.26. The third-order valence-corrected chi connectivity index (χ3v) is 6.57. The molecular weight excluding hydrogens is 426 g/mol. The van der Waals surface area contributed by atoms with Crippen LogP contribution in [0.1, 0.15) is 72.9 Å². The summed E-state index contributed by atoms with van der Waals surface area (Å²) < 4.78 is 6.93. The van der Waals surface area contributed by atoms with Crippen molar-refractivity contribution in [3.63, 3.8) is 0 Å². The van der Waals surface area contributed by atoms with Gasteiger partial charge in [-0.2, -0.15) is 5.10 Å². The Kier molecular flexibility index (Phi) is 7.46. The second-order valence-corrected chi connectivity index (χ2v) is 8.70. The molecule has 4 rings (SSSR count). The van der Waals surface area contributed by atoms with Crippen molar-refractivity contribution in [2.45, 2.75) is 58.9 Å². The second kappa shape index (κ2) is 10.7. The smallest absolute Gasteiger partial charge is 0.358 e. The molecule has 178 valence electrons. The molecule has 34 heavy (non-hydrogen) atoms. The first kappa shape index (κ1) is 23.7. The Balaban J connectivity index is 1.67. The number of hydrogen-bond donors (Lipinski definition) is 0. The van der Waals surface area contributed by atoms with Gasteiger partial charge in [0.05, 0.1) is 18.0 Å². The van der Waals surface area contributed by atoms with Crippen LogP contribution in [0.3, 0.4) is 0 Å². The Morgan fingerprint density at radius 1 is 1.00 bits per heavy atom. The zero-order valence-corrected chi connectivity index (χ0v) is 20.3. The molecule has 1 amide bonds. The number of piperidine rings is 1. The molecule has 2 aromatic carbocycles. The number of rotatable bonds is 7. The number of amides is 1. The van der Waals surface area contributed by atoms with E-state index in [-0.39, 0.29) is 18.2 Å². The van der Waals surface area contributed by atoms with Crippen molar-refractivity contribution in [2.24, 2.45) is 0 Å². The zero-order valence-electron chi connectivity index (χ0n) is 20.3. The Morgan fingerprint density at radius 3 is 2.38 bits per heavy atom. The first-order valence-corrected chi connectivity index (χ1v) is 12.3. The standard InChI is InChI=1S/C28H33N3O3/c1-4-20-10-12-21(13-11-20)26-19-25(28(33)34-6-3)29-31(26)24-16-14-22(15-17-24)27(32)30-18-8-7-9-23(30)5-2/h10-17,19,23H,4-9,18H2,1-3H3/t23-/m1/s1. The summed E-state index contributed by atoms with van der Waals surface area (Å²) in [5.74, 6) is -0.365. The van der Waals surface area contributed by atoms with Crippen LogP contribution in [0.2, 0.25) is 0 Å². The number of ether oxygens (including phenoxy) is 1.